The first-order chi connectivity index (χ1) is 11.7. The number of hydrogen-bond acceptors (Lipinski definition) is 2. The second kappa shape index (κ2) is 6.87. The number of nitrogens with zero attached hydrogens (tertiary/aromatic N) is 1. The molecule has 24 heavy (non-hydrogen) atoms. The summed E-state index contributed by atoms with van der Waals surface area (Å²) in [6.45, 7) is 2.02. The Labute approximate surface area is 145 Å². The van der Waals surface area contributed by atoms with Crippen LogP contribution >= 0.6 is 0 Å². The third-order valence-corrected chi connectivity index (χ3v) is 6.50. The number of amides is 1. The van der Waals surface area contributed by atoms with E-state index in [-0.39, 0.29) is 5.91 Å². The van der Waals surface area contributed by atoms with E-state index in [1.807, 2.05) is 31.2 Å². The summed E-state index contributed by atoms with van der Waals surface area (Å²) in [5, 5.41) is 3.35. The van der Waals surface area contributed by atoms with Crippen molar-refractivity contribution in [2.24, 2.45) is 0 Å². The molecular formula is C21H30N2O. The third-order valence-electron chi connectivity index (χ3n) is 6.50. The Morgan fingerprint density at radius 2 is 1.58 bits per heavy atom. The summed E-state index contributed by atoms with van der Waals surface area (Å²) < 4.78 is 0. The molecule has 0 aromatic heterocycles. The van der Waals surface area contributed by atoms with Gasteiger partial charge in [-0.1, -0.05) is 37.5 Å². The maximum absolute atomic E-state index is 12.7. The maximum Gasteiger partial charge on any atom is 0.251 e. The summed E-state index contributed by atoms with van der Waals surface area (Å²) >= 11 is 0. The molecule has 3 nitrogen and oxygen atoms in total. The highest BCUT2D eigenvalue weighted by Gasteiger charge is 2.42. The van der Waals surface area contributed by atoms with Gasteiger partial charge < -0.3 is 5.32 Å². The molecular weight excluding hydrogens is 296 g/mol. The second-order valence-corrected chi connectivity index (χ2v) is 8.08. The Bertz CT molecular complexity index is 579. The highest BCUT2D eigenvalue weighted by atomic mass is 16.1. The maximum atomic E-state index is 12.7. The van der Waals surface area contributed by atoms with Crippen LogP contribution in [0, 0.1) is 6.92 Å². The summed E-state index contributed by atoms with van der Waals surface area (Å²) in [5.74, 6) is 0.116. The van der Waals surface area contributed by atoms with Crippen LogP contribution in [0.25, 0.3) is 0 Å². The average molecular weight is 326 g/mol. The van der Waals surface area contributed by atoms with Crippen LogP contribution in [-0.4, -0.2) is 35.0 Å². The predicted octanol–water partition coefficient (Wildman–Crippen LogP) is 4.05. The Hall–Kier alpha value is -1.35. The van der Waals surface area contributed by atoms with Gasteiger partial charge in [0.15, 0.2) is 0 Å². The number of hydrogen-bond donors (Lipinski definition) is 1. The zero-order chi connectivity index (χ0) is 16.5. The molecule has 4 rings (SSSR count). The number of rotatable bonds is 3. The molecule has 2 heterocycles. The minimum absolute atomic E-state index is 0.116. The smallest absolute Gasteiger partial charge is 0.251 e. The van der Waals surface area contributed by atoms with Gasteiger partial charge in [-0.3, -0.25) is 9.69 Å². The quantitative estimate of drug-likeness (QED) is 0.909. The van der Waals surface area contributed by atoms with Crippen LogP contribution in [0.15, 0.2) is 24.3 Å². The lowest BCUT2D eigenvalue weighted by Crippen LogP contribution is -2.59. The number of benzene rings is 1. The van der Waals surface area contributed by atoms with Gasteiger partial charge in [0, 0.05) is 29.7 Å². The Morgan fingerprint density at radius 3 is 2.25 bits per heavy atom. The van der Waals surface area contributed by atoms with Crippen LogP contribution in [0.3, 0.4) is 0 Å². The second-order valence-electron chi connectivity index (χ2n) is 8.08. The van der Waals surface area contributed by atoms with Gasteiger partial charge in [-0.2, -0.15) is 0 Å². The Morgan fingerprint density at radius 1 is 0.958 bits per heavy atom. The fourth-order valence-corrected chi connectivity index (χ4v) is 5.42. The number of fused-ring (bicyclic) bond motifs is 2. The van der Waals surface area contributed by atoms with Crippen molar-refractivity contribution in [1.29, 1.82) is 0 Å². The van der Waals surface area contributed by atoms with Gasteiger partial charge in [-0.25, -0.2) is 0 Å². The zero-order valence-electron chi connectivity index (χ0n) is 14.8. The molecule has 2 aliphatic heterocycles. The van der Waals surface area contributed by atoms with Gasteiger partial charge in [0.1, 0.15) is 0 Å². The number of carbonyl (C=O) groups is 1. The zero-order valence-corrected chi connectivity index (χ0v) is 14.8. The number of carbonyl (C=O) groups excluding carboxylic acids is 1. The van der Waals surface area contributed by atoms with E-state index in [4.69, 9.17) is 0 Å². The van der Waals surface area contributed by atoms with E-state index < -0.39 is 0 Å². The number of nitrogens with one attached hydrogen (secondary N) is 1. The minimum Gasteiger partial charge on any atom is -0.349 e. The lowest BCUT2D eigenvalue weighted by atomic mass is 9.80. The first-order valence-electron chi connectivity index (χ1n) is 9.86. The first-order valence-corrected chi connectivity index (χ1v) is 9.86. The van der Waals surface area contributed by atoms with Crippen LogP contribution in [0.2, 0.25) is 0 Å². The molecule has 0 spiro atoms. The topological polar surface area (TPSA) is 32.3 Å². The van der Waals surface area contributed by atoms with Crippen LogP contribution in [-0.2, 0) is 0 Å². The molecule has 3 fully saturated rings. The molecule has 1 N–H and O–H groups in total. The minimum atomic E-state index is 0.116. The van der Waals surface area contributed by atoms with Gasteiger partial charge in [-0.05, 0) is 57.1 Å². The molecule has 2 saturated heterocycles. The van der Waals surface area contributed by atoms with Gasteiger partial charge in [-0.15, -0.1) is 0 Å². The summed E-state index contributed by atoms with van der Waals surface area (Å²) in [7, 11) is 0. The van der Waals surface area contributed by atoms with E-state index in [9.17, 15) is 4.79 Å². The van der Waals surface area contributed by atoms with Crippen molar-refractivity contribution < 1.29 is 4.79 Å². The van der Waals surface area contributed by atoms with Crippen molar-refractivity contribution in [3.8, 4) is 0 Å². The van der Waals surface area contributed by atoms with Gasteiger partial charge in [0.05, 0.1) is 0 Å². The van der Waals surface area contributed by atoms with Crippen LogP contribution in [0.4, 0.5) is 0 Å². The van der Waals surface area contributed by atoms with E-state index in [0.29, 0.717) is 18.1 Å². The van der Waals surface area contributed by atoms with Crippen LogP contribution in [0.5, 0.6) is 0 Å². The van der Waals surface area contributed by atoms with Crippen molar-refractivity contribution in [1.82, 2.24) is 10.2 Å². The van der Waals surface area contributed by atoms with E-state index in [0.717, 1.165) is 30.0 Å². The van der Waals surface area contributed by atoms with Crippen molar-refractivity contribution in [3.05, 3.63) is 35.4 Å². The van der Waals surface area contributed by atoms with Gasteiger partial charge in [0.2, 0.25) is 0 Å². The predicted molar refractivity (Wildman–Crippen MR) is 97.2 cm³/mol. The van der Waals surface area contributed by atoms with Crippen molar-refractivity contribution in [2.45, 2.75) is 88.9 Å². The van der Waals surface area contributed by atoms with Crippen LogP contribution in [0.1, 0.15) is 73.7 Å². The average Bonchev–Trinajstić information content (AvgIpc) is 3.08. The standard InChI is InChI=1S/C21H30N2O/c1-15-7-2-5-12-20(15)21(24)22-16-13-18-10-6-11-19(14-16)23(18)17-8-3-4-9-17/h2,5,7,12,16-19H,3-4,6,8-11,13-14H2,1H3,(H,22,24). The molecule has 1 amide bonds. The van der Waals surface area contributed by atoms with E-state index >= 15 is 0 Å². The molecule has 1 aromatic carbocycles. The van der Waals surface area contributed by atoms with E-state index in [1.165, 1.54) is 44.9 Å². The number of piperidine rings is 2. The molecule has 1 saturated carbocycles. The van der Waals surface area contributed by atoms with E-state index in [1.54, 1.807) is 0 Å². The monoisotopic (exact) mass is 326 g/mol. The molecule has 3 heteroatoms. The van der Waals surface area contributed by atoms with Gasteiger partial charge in [0.25, 0.3) is 5.91 Å². The summed E-state index contributed by atoms with van der Waals surface area (Å²) in [4.78, 5) is 15.5. The fourth-order valence-electron chi connectivity index (χ4n) is 5.42. The summed E-state index contributed by atoms with van der Waals surface area (Å²) in [5.41, 5.74) is 1.90. The molecule has 1 aromatic rings. The van der Waals surface area contributed by atoms with E-state index in [2.05, 4.69) is 10.2 Å². The summed E-state index contributed by atoms with van der Waals surface area (Å²) in [6.07, 6.45) is 11.9. The molecule has 2 bridgehead atoms. The molecule has 130 valence electrons. The molecule has 1 aliphatic carbocycles. The normalized spacial score (nSPS) is 31.1. The summed E-state index contributed by atoms with van der Waals surface area (Å²) in [6, 6.07) is 10.5. The third kappa shape index (κ3) is 3.11. The SMILES string of the molecule is Cc1ccccc1C(=O)NC1CC2CCCC(C1)N2C1CCCC1. The van der Waals surface area contributed by atoms with Crippen molar-refractivity contribution in [3.63, 3.8) is 0 Å². The highest BCUT2D eigenvalue weighted by molar-refractivity contribution is 5.95. The first kappa shape index (κ1) is 16.1. The lowest BCUT2D eigenvalue weighted by molar-refractivity contribution is -0.00807. The fraction of sp³-hybridized carbons (Fsp3) is 0.667. The Balaban J connectivity index is 1.43. The molecule has 3 aliphatic rings. The molecule has 2 unspecified atom stereocenters. The van der Waals surface area contributed by atoms with Crippen LogP contribution < -0.4 is 5.32 Å². The van der Waals surface area contributed by atoms with Crippen molar-refractivity contribution in [2.75, 3.05) is 0 Å². The lowest BCUT2D eigenvalue weighted by Gasteiger charge is -2.51. The van der Waals surface area contributed by atoms with Crippen molar-refractivity contribution >= 4 is 5.91 Å². The largest absolute Gasteiger partial charge is 0.349 e. The molecule has 0 radical (unpaired) electrons. The highest BCUT2D eigenvalue weighted by Crippen LogP contribution is 2.39. The molecule has 2 atom stereocenters. The number of aryl methyl sites for hydroxylation is 1. The Kier molecular flexibility index (Phi) is 4.62. The van der Waals surface area contributed by atoms with Gasteiger partial charge >= 0.3 is 0 Å².